The molecule has 1 N–H and O–H groups in total. The Kier molecular flexibility index (Phi) is 5.05. The van der Waals surface area contributed by atoms with Gasteiger partial charge in [-0.05, 0) is 48.7 Å². The molecule has 1 amide bonds. The Bertz CT molecular complexity index is 824. The summed E-state index contributed by atoms with van der Waals surface area (Å²) < 4.78 is 16.9. The summed E-state index contributed by atoms with van der Waals surface area (Å²) in [6, 6.07) is 13.6. The zero-order valence-electron chi connectivity index (χ0n) is 15.4. The first-order valence-corrected chi connectivity index (χ1v) is 9.30. The van der Waals surface area contributed by atoms with E-state index in [1.54, 1.807) is 7.11 Å². The maximum atomic E-state index is 12.5. The van der Waals surface area contributed by atoms with Crippen LogP contribution in [-0.4, -0.2) is 45.4 Å². The second-order valence-electron chi connectivity index (χ2n) is 6.82. The molecule has 27 heavy (non-hydrogen) atoms. The van der Waals surface area contributed by atoms with Crippen molar-refractivity contribution in [1.82, 2.24) is 5.32 Å². The van der Waals surface area contributed by atoms with Crippen LogP contribution in [0.15, 0.2) is 42.5 Å². The van der Waals surface area contributed by atoms with Crippen LogP contribution in [0.4, 0.5) is 5.69 Å². The molecule has 6 heteroatoms. The van der Waals surface area contributed by atoms with Gasteiger partial charge < -0.3 is 24.4 Å². The molecule has 0 saturated carbocycles. The summed E-state index contributed by atoms with van der Waals surface area (Å²) in [6.45, 7) is 2.08. The summed E-state index contributed by atoms with van der Waals surface area (Å²) >= 11 is 0. The van der Waals surface area contributed by atoms with Gasteiger partial charge in [-0.15, -0.1) is 0 Å². The predicted molar refractivity (Wildman–Crippen MR) is 103 cm³/mol. The fraction of sp³-hybridized carbons (Fsp3) is 0.381. The van der Waals surface area contributed by atoms with E-state index in [1.807, 2.05) is 36.4 Å². The van der Waals surface area contributed by atoms with E-state index in [0.717, 1.165) is 42.3 Å². The van der Waals surface area contributed by atoms with E-state index < -0.39 is 0 Å². The number of carbonyl (C=O) groups is 1. The Hall–Kier alpha value is -2.89. The number of nitrogens with zero attached hydrogens (tertiary/aromatic N) is 1. The van der Waals surface area contributed by atoms with Crippen molar-refractivity contribution in [1.29, 1.82) is 0 Å². The van der Waals surface area contributed by atoms with Crippen LogP contribution >= 0.6 is 0 Å². The molecular formula is C21H24N2O4. The highest BCUT2D eigenvalue weighted by Gasteiger charge is 2.23. The van der Waals surface area contributed by atoms with Crippen LogP contribution in [0.5, 0.6) is 17.2 Å². The zero-order valence-corrected chi connectivity index (χ0v) is 15.4. The van der Waals surface area contributed by atoms with Gasteiger partial charge in [-0.1, -0.05) is 12.1 Å². The number of aryl methyl sites for hydroxylation is 1. The third kappa shape index (κ3) is 3.94. The van der Waals surface area contributed by atoms with Crippen LogP contribution in [0.3, 0.4) is 0 Å². The topological polar surface area (TPSA) is 60.0 Å². The number of nitrogens with one attached hydrogen (secondary N) is 1. The van der Waals surface area contributed by atoms with Gasteiger partial charge in [0.05, 0.1) is 20.2 Å². The first-order chi connectivity index (χ1) is 13.2. The number of rotatable bonds is 5. The number of hydrogen-bond acceptors (Lipinski definition) is 5. The highest BCUT2D eigenvalue weighted by molar-refractivity contribution is 5.82. The van der Waals surface area contributed by atoms with Crippen LogP contribution in [0.2, 0.25) is 0 Å². The lowest BCUT2D eigenvalue weighted by atomic mass is 10.0. The van der Waals surface area contributed by atoms with Gasteiger partial charge in [-0.3, -0.25) is 4.79 Å². The van der Waals surface area contributed by atoms with Gasteiger partial charge in [0.1, 0.15) is 18.5 Å². The molecule has 2 aliphatic rings. The minimum atomic E-state index is -0.179. The van der Waals surface area contributed by atoms with E-state index in [2.05, 4.69) is 16.3 Å². The summed E-state index contributed by atoms with van der Waals surface area (Å²) in [5.41, 5.74) is 2.34. The quantitative estimate of drug-likeness (QED) is 0.878. The Morgan fingerprint density at radius 1 is 1.26 bits per heavy atom. The number of benzene rings is 2. The molecule has 2 aromatic rings. The lowest BCUT2D eigenvalue weighted by Gasteiger charge is -2.31. The first kappa shape index (κ1) is 17.5. The molecule has 0 spiro atoms. The van der Waals surface area contributed by atoms with E-state index >= 15 is 0 Å². The molecule has 0 radical (unpaired) electrons. The molecule has 2 aromatic carbocycles. The van der Waals surface area contributed by atoms with Gasteiger partial charge in [0, 0.05) is 12.2 Å². The SMILES string of the molecule is COc1ccc2c(c1)CCCN2CC(=O)NCC1COc2ccccc2O1. The number of para-hydroxylation sites is 2. The van der Waals surface area contributed by atoms with Gasteiger partial charge in [-0.2, -0.15) is 0 Å². The summed E-state index contributed by atoms with van der Waals surface area (Å²) in [6.07, 6.45) is 1.86. The molecule has 0 bridgehead atoms. The summed E-state index contributed by atoms with van der Waals surface area (Å²) in [4.78, 5) is 14.6. The number of anilines is 1. The monoisotopic (exact) mass is 368 g/mol. The van der Waals surface area contributed by atoms with E-state index in [4.69, 9.17) is 14.2 Å². The molecule has 2 heterocycles. The van der Waals surface area contributed by atoms with E-state index in [-0.39, 0.29) is 12.0 Å². The van der Waals surface area contributed by atoms with E-state index in [0.29, 0.717) is 19.7 Å². The highest BCUT2D eigenvalue weighted by Crippen LogP contribution is 2.31. The summed E-state index contributed by atoms with van der Waals surface area (Å²) in [7, 11) is 1.67. The van der Waals surface area contributed by atoms with Gasteiger partial charge in [0.2, 0.25) is 5.91 Å². The minimum Gasteiger partial charge on any atom is -0.497 e. The number of hydrogen-bond donors (Lipinski definition) is 1. The van der Waals surface area contributed by atoms with Crippen molar-refractivity contribution >= 4 is 11.6 Å². The van der Waals surface area contributed by atoms with E-state index in [9.17, 15) is 4.79 Å². The number of carbonyl (C=O) groups excluding carboxylic acids is 1. The molecule has 1 atom stereocenters. The second-order valence-corrected chi connectivity index (χ2v) is 6.82. The van der Waals surface area contributed by atoms with Gasteiger partial charge in [0.15, 0.2) is 11.5 Å². The fourth-order valence-electron chi connectivity index (χ4n) is 3.56. The van der Waals surface area contributed by atoms with Crippen molar-refractivity contribution in [2.75, 3.05) is 38.3 Å². The number of ether oxygens (including phenoxy) is 3. The third-order valence-corrected chi connectivity index (χ3v) is 4.93. The van der Waals surface area contributed by atoms with Gasteiger partial charge in [0.25, 0.3) is 0 Å². The van der Waals surface area contributed by atoms with Crippen LogP contribution in [0, 0.1) is 0 Å². The van der Waals surface area contributed by atoms with Crippen molar-refractivity contribution in [3.05, 3.63) is 48.0 Å². The fourth-order valence-corrected chi connectivity index (χ4v) is 3.56. The van der Waals surface area contributed by atoms with Crippen molar-refractivity contribution in [3.8, 4) is 17.2 Å². The molecule has 0 fully saturated rings. The smallest absolute Gasteiger partial charge is 0.239 e. The minimum absolute atomic E-state index is 0.0128. The Morgan fingerprint density at radius 2 is 2.11 bits per heavy atom. The summed E-state index contributed by atoms with van der Waals surface area (Å²) in [5.74, 6) is 2.32. The maximum Gasteiger partial charge on any atom is 0.239 e. The Labute approximate surface area is 159 Å². The molecule has 0 aliphatic carbocycles. The molecule has 6 nitrogen and oxygen atoms in total. The number of amides is 1. The number of methoxy groups -OCH3 is 1. The molecule has 2 aliphatic heterocycles. The lowest BCUT2D eigenvalue weighted by Crippen LogP contribution is -2.45. The zero-order chi connectivity index (χ0) is 18.6. The Balaban J connectivity index is 1.32. The molecular weight excluding hydrogens is 344 g/mol. The third-order valence-electron chi connectivity index (χ3n) is 4.93. The van der Waals surface area contributed by atoms with E-state index in [1.165, 1.54) is 5.56 Å². The van der Waals surface area contributed by atoms with Crippen LogP contribution in [0.1, 0.15) is 12.0 Å². The molecule has 142 valence electrons. The average Bonchev–Trinajstić information content (AvgIpc) is 2.72. The average molecular weight is 368 g/mol. The van der Waals surface area contributed by atoms with Crippen molar-refractivity contribution in [2.24, 2.45) is 0 Å². The molecule has 0 aromatic heterocycles. The maximum absolute atomic E-state index is 12.5. The van der Waals surface area contributed by atoms with Gasteiger partial charge in [-0.25, -0.2) is 0 Å². The Morgan fingerprint density at radius 3 is 2.96 bits per heavy atom. The largest absolute Gasteiger partial charge is 0.497 e. The van der Waals surface area contributed by atoms with Crippen molar-refractivity contribution < 1.29 is 19.0 Å². The molecule has 1 unspecified atom stereocenters. The molecule has 0 saturated heterocycles. The van der Waals surface area contributed by atoms with Crippen LogP contribution in [-0.2, 0) is 11.2 Å². The first-order valence-electron chi connectivity index (χ1n) is 9.30. The van der Waals surface area contributed by atoms with Crippen LogP contribution < -0.4 is 24.4 Å². The molecule has 4 rings (SSSR count). The predicted octanol–water partition coefficient (Wildman–Crippen LogP) is 2.40. The summed E-state index contributed by atoms with van der Waals surface area (Å²) in [5, 5.41) is 2.97. The second kappa shape index (κ2) is 7.78. The highest BCUT2D eigenvalue weighted by atomic mass is 16.6. The number of fused-ring (bicyclic) bond motifs is 2. The lowest BCUT2D eigenvalue weighted by molar-refractivity contribution is -0.120. The van der Waals surface area contributed by atoms with Crippen molar-refractivity contribution in [3.63, 3.8) is 0 Å². The standard InChI is InChI=1S/C21H24N2O4/c1-25-16-8-9-18-15(11-16)5-4-10-23(18)13-21(24)22-12-17-14-26-19-6-2-3-7-20(19)27-17/h2-3,6-9,11,17H,4-5,10,12-14H2,1H3,(H,22,24). The normalized spacial score (nSPS) is 17.8. The van der Waals surface area contributed by atoms with Crippen molar-refractivity contribution in [2.45, 2.75) is 18.9 Å². The van der Waals surface area contributed by atoms with Gasteiger partial charge >= 0.3 is 0 Å². The van der Waals surface area contributed by atoms with Crippen LogP contribution in [0.25, 0.3) is 0 Å².